The molecule has 0 aromatic heterocycles. The largest absolute Gasteiger partial charge is 0.504 e. The molecule has 2 aliphatic carbocycles. The molecule has 1 aromatic rings. The highest BCUT2D eigenvalue weighted by Gasteiger charge is 2.45. The maximum absolute atomic E-state index is 13.4. The Labute approximate surface area is 186 Å². The molecule has 10 heteroatoms. The zero-order chi connectivity index (χ0) is 22.3. The van der Waals surface area contributed by atoms with Crippen LogP contribution >= 0.6 is 11.6 Å². The monoisotopic (exact) mass is 471 g/mol. The van der Waals surface area contributed by atoms with Crippen molar-refractivity contribution in [3.63, 3.8) is 0 Å². The summed E-state index contributed by atoms with van der Waals surface area (Å²) in [5, 5.41) is 15.2. The number of sulfone groups is 1. The lowest BCUT2D eigenvalue weighted by atomic mass is 9.91. The number of phenols is 1. The fourth-order valence-corrected chi connectivity index (χ4v) is 7.08. The number of carbonyl (C=O) groups excluding carboxylic acids is 1. The van der Waals surface area contributed by atoms with Crippen LogP contribution in [0.2, 0.25) is 5.02 Å². The number of allylic oxidation sites excluding steroid dienone is 1. The minimum absolute atomic E-state index is 0.0178. The van der Waals surface area contributed by atoms with Gasteiger partial charge in [-0.15, -0.1) is 0 Å². The summed E-state index contributed by atoms with van der Waals surface area (Å²) in [6.45, 7) is 2.91. The molecule has 7 nitrogen and oxygen atoms in total. The number of nitrogens with zero attached hydrogens (tertiary/aromatic N) is 1. The predicted molar refractivity (Wildman–Crippen MR) is 117 cm³/mol. The number of benzene rings is 1. The fraction of sp³-hybridized carbons (Fsp3) is 0.571. The highest BCUT2D eigenvalue weighted by Crippen LogP contribution is 2.43. The SMILES string of the molecule is CC1=CCC[C@H]1NC(=O)Nc1ccc(Cl)c(S(=O)(=O)C2CC(N3CC[C@@H](F)C3)C2)c1O. The van der Waals surface area contributed by atoms with E-state index in [1.165, 1.54) is 12.1 Å². The lowest BCUT2D eigenvalue weighted by Crippen LogP contribution is -2.49. The molecular formula is C21H27ClFN3O4S. The Bertz CT molecular complexity index is 1010. The zero-order valence-corrected chi connectivity index (χ0v) is 18.8. The molecule has 0 unspecified atom stereocenters. The first kappa shape index (κ1) is 22.4. The van der Waals surface area contributed by atoms with E-state index in [0.717, 1.165) is 18.4 Å². The summed E-state index contributed by atoms with van der Waals surface area (Å²) >= 11 is 6.15. The quantitative estimate of drug-likeness (QED) is 0.450. The highest BCUT2D eigenvalue weighted by molar-refractivity contribution is 7.92. The molecule has 1 saturated heterocycles. The van der Waals surface area contributed by atoms with Crippen LogP contribution in [0.4, 0.5) is 14.9 Å². The summed E-state index contributed by atoms with van der Waals surface area (Å²) in [6.07, 6.45) is 4.11. The first-order chi connectivity index (χ1) is 14.7. The van der Waals surface area contributed by atoms with Crippen LogP contribution < -0.4 is 10.6 Å². The van der Waals surface area contributed by atoms with Gasteiger partial charge in [-0.05, 0) is 51.2 Å². The van der Waals surface area contributed by atoms with Crippen LogP contribution in [0.1, 0.15) is 39.0 Å². The number of urea groups is 1. The summed E-state index contributed by atoms with van der Waals surface area (Å²) in [5.74, 6) is -0.560. The molecule has 3 aliphatic rings. The standard InChI is InChI=1S/C21H27ClFN3O4S/c1-12-3-2-4-17(12)24-21(28)25-18-6-5-16(22)20(19(18)27)31(29,30)15-9-14(10-15)26-8-7-13(23)11-26/h3,5-6,13-15,17,27H,2,4,7-11H2,1H3,(H2,24,25,28)/t13-,14?,15?,17-/m1/s1. The average Bonchev–Trinajstić information content (AvgIpc) is 3.24. The number of hydrogen-bond acceptors (Lipinski definition) is 5. The Morgan fingerprint density at radius 2 is 2.03 bits per heavy atom. The molecule has 1 aromatic carbocycles. The van der Waals surface area contributed by atoms with Gasteiger partial charge in [0.05, 0.1) is 22.0 Å². The lowest BCUT2D eigenvalue weighted by molar-refractivity contribution is 0.150. The minimum Gasteiger partial charge on any atom is -0.504 e. The van der Waals surface area contributed by atoms with Crippen LogP contribution in [0.15, 0.2) is 28.7 Å². The van der Waals surface area contributed by atoms with Gasteiger partial charge in [0, 0.05) is 19.1 Å². The lowest BCUT2D eigenvalue weighted by Gasteiger charge is -2.40. The second-order valence-corrected chi connectivity index (χ2v) is 11.2. The second-order valence-electron chi connectivity index (χ2n) is 8.62. The Morgan fingerprint density at radius 1 is 1.29 bits per heavy atom. The molecule has 0 spiro atoms. The summed E-state index contributed by atoms with van der Waals surface area (Å²) in [6, 6.07) is 2.15. The van der Waals surface area contributed by atoms with Crippen LogP contribution in [0, 0.1) is 0 Å². The molecule has 31 heavy (non-hydrogen) atoms. The number of likely N-dealkylation sites (tertiary alicyclic amines) is 1. The first-order valence-corrected chi connectivity index (χ1v) is 12.5. The third kappa shape index (κ3) is 4.40. The van der Waals surface area contributed by atoms with E-state index >= 15 is 0 Å². The van der Waals surface area contributed by atoms with Crippen molar-refractivity contribution in [2.24, 2.45) is 0 Å². The van der Waals surface area contributed by atoms with Gasteiger partial charge in [-0.1, -0.05) is 23.3 Å². The van der Waals surface area contributed by atoms with E-state index in [1.54, 1.807) is 0 Å². The number of amides is 2. The second kappa shape index (κ2) is 8.60. The molecular weight excluding hydrogens is 445 g/mol. The van der Waals surface area contributed by atoms with E-state index in [0.29, 0.717) is 32.4 Å². The number of nitrogens with one attached hydrogen (secondary N) is 2. The normalized spacial score (nSPS) is 28.8. The molecule has 0 bridgehead atoms. The van der Waals surface area contributed by atoms with Gasteiger partial charge >= 0.3 is 6.03 Å². The fourth-order valence-electron chi connectivity index (χ4n) is 4.60. The molecule has 170 valence electrons. The maximum atomic E-state index is 13.4. The Balaban J connectivity index is 1.47. The third-order valence-corrected chi connectivity index (χ3v) is 9.25. The summed E-state index contributed by atoms with van der Waals surface area (Å²) < 4.78 is 39.8. The van der Waals surface area contributed by atoms with Crippen LogP contribution in [0.5, 0.6) is 5.75 Å². The molecule has 1 aliphatic heterocycles. The van der Waals surface area contributed by atoms with Crippen molar-refractivity contribution < 1.29 is 22.7 Å². The number of phenolic OH excluding ortho intramolecular Hbond substituents is 1. The van der Waals surface area contributed by atoms with Gasteiger partial charge in [-0.3, -0.25) is 4.90 Å². The van der Waals surface area contributed by atoms with Crippen molar-refractivity contribution in [2.75, 3.05) is 18.4 Å². The van der Waals surface area contributed by atoms with Crippen LogP contribution in [-0.4, -0.2) is 61.1 Å². The predicted octanol–water partition coefficient (Wildman–Crippen LogP) is 3.62. The van der Waals surface area contributed by atoms with Crippen LogP contribution in [0.3, 0.4) is 0 Å². The van der Waals surface area contributed by atoms with Gasteiger partial charge in [0.2, 0.25) is 0 Å². The molecule has 1 heterocycles. The Hall–Kier alpha value is -1.84. The molecule has 3 N–H and O–H groups in total. The van der Waals surface area contributed by atoms with Crippen LogP contribution in [-0.2, 0) is 9.84 Å². The van der Waals surface area contributed by atoms with Crippen molar-refractivity contribution in [1.82, 2.24) is 10.2 Å². The van der Waals surface area contributed by atoms with E-state index in [1.807, 2.05) is 11.8 Å². The zero-order valence-electron chi connectivity index (χ0n) is 17.3. The number of halogens is 2. The van der Waals surface area contributed by atoms with Gasteiger partial charge < -0.3 is 15.7 Å². The van der Waals surface area contributed by atoms with Crippen molar-refractivity contribution in [3.8, 4) is 5.75 Å². The first-order valence-electron chi connectivity index (χ1n) is 10.5. The summed E-state index contributed by atoms with van der Waals surface area (Å²) in [7, 11) is -3.91. The summed E-state index contributed by atoms with van der Waals surface area (Å²) in [4.78, 5) is 14.0. The van der Waals surface area contributed by atoms with Gasteiger partial charge in [0.25, 0.3) is 0 Å². The van der Waals surface area contributed by atoms with E-state index < -0.39 is 33.0 Å². The number of alkyl halides is 1. The molecule has 0 radical (unpaired) electrons. The van der Waals surface area contributed by atoms with E-state index in [2.05, 4.69) is 16.7 Å². The Morgan fingerprint density at radius 3 is 2.65 bits per heavy atom. The molecule has 2 atom stereocenters. The van der Waals surface area contributed by atoms with Crippen LogP contribution in [0.25, 0.3) is 0 Å². The molecule has 1 saturated carbocycles. The van der Waals surface area contributed by atoms with Gasteiger partial charge in [-0.2, -0.15) is 0 Å². The molecule has 4 rings (SSSR count). The van der Waals surface area contributed by atoms with Crippen molar-refractivity contribution in [2.45, 2.75) is 67.4 Å². The number of rotatable bonds is 5. The van der Waals surface area contributed by atoms with E-state index in [-0.39, 0.29) is 27.7 Å². The van der Waals surface area contributed by atoms with Crippen molar-refractivity contribution >= 4 is 33.2 Å². The van der Waals surface area contributed by atoms with Gasteiger partial charge in [-0.25, -0.2) is 17.6 Å². The number of aromatic hydroxyl groups is 1. The number of carbonyl (C=O) groups is 1. The summed E-state index contributed by atoms with van der Waals surface area (Å²) in [5.41, 5.74) is 1.05. The maximum Gasteiger partial charge on any atom is 0.319 e. The van der Waals surface area contributed by atoms with E-state index in [4.69, 9.17) is 11.6 Å². The number of hydrogen-bond donors (Lipinski definition) is 3. The van der Waals surface area contributed by atoms with E-state index in [9.17, 15) is 22.7 Å². The topological polar surface area (TPSA) is 98.7 Å². The Kier molecular flexibility index (Phi) is 6.20. The number of anilines is 1. The van der Waals surface area contributed by atoms with Crippen molar-refractivity contribution in [1.29, 1.82) is 0 Å². The third-order valence-electron chi connectivity index (χ3n) is 6.58. The molecule has 2 amide bonds. The van der Waals surface area contributed by atoms with Gasteiger partial charge in [0.15, 0.2) is 15.6 Å². The highest BCUT2D eigenvalue weighted by atomic mass is 35.5. The molecule has 2 fully saturated rings. The van der Waals surface area contributed by atoms with Gasteiger partial charge in [0.1, 0.15) is 11.1 Å². The smallest absolute Gasteiger partial charge is 0.319 e. The van der Waals surface area contributed by atoms with Crippen molar-refractivity contribution in [3.05, 3.63) is 28.8 Å². The average molecular weight is 472 g/mol. The minimum atomic E-state index is -3.91.